The number of para-hydroxylation sites is 1. The van der Waals surface area contributed by atoms with E-state index in [0.29, 0.717) is 34.9 Å². The van der Waals surface area contributed by atoms with Crippen molar-refractivity contribution < 1.29 is 4.74 Å². The molecule has 0 N–H and O–H groups in total. The predicted octanol–water partition coefficient (Wildman–Crippen LogP) is 5.41. The first kappa shape index (κ1) is 19.2. The number of fused-ring (bicyclic) bond motifs is 1. The van der Waals surface area contributed by atoms with Crippen LogP contribution in [0, 0.1) is 13.8 Å². The van der Waals surface area contributed by atoms with Crippen LogP contribution < -0.4 is 10.3 Å². The van der Waals surface area contributed by atoms with E-state index in [0.717, 1.165) is 22.4 Å². The summed E-state index contributed by atoms with van der Waals surface area (Å²) < 4.78 is 7.67. The SMILES string of the molecule is Cc1ccc(C)c(OCCn2c(-c3ccc(Cl)cc3)nc3ccccc3c2=O)c1. The first-order valence-electron chi connectivity index (χ1n) is 9.48. The van der Waals surface area contributed by atoms with Crippen molar-refractivity contribution in [3.05, 3.63) is 93.2 Å². The molecule has 0 unspecified atom stereocenters. The van der Waals surface area contributed by atoms with E-state index in [9.17, 15) is 4.79 Å². The van der Waals surface area contributed by atoms with Gasteiger partial charge in [0.25, 0.3) is 5.56 Å². The fourth-order valence-corrected chi connectivity index (χ4v) is 3.43. The molecule has 1 aromatic heterocycles. The van der Waals surface area contributed by atoms with Gasteiger partial charge in [-0.15, -0.1) is 0 Å². The molecule has 5 heteroatoms. The number of benzene rings is 3. The maximum Gasteiger partial charge on any atom is 0.261 e. The zero-order chi connectivity index (χ0) is 20.4. The zero-order valence-corrected chi connectivity index (χ0v) is 17.1. The molecule has 29 heavy (non-hydrogen) atoms. The summed E-state index contributed by atoms with van der Waals surface area (Å²) in [6.45, 7) is 4.80. The van der Waals surface area contributed by atoms with Gasteiger partial charge in [-0.1, -0.05) is 35.9 Å². The quantitative estimate of drug-likeness (QED) is 0.446. The van der Waals surface area contributed by atoms with Crippen molar-refractivity contribution >= 4 is 22.5 Å². The van der Waals surface area contributed by atoms with E-state index in [1.54, 1.807) is 22.8 Å². The van der Waals surface area contributed by atoms with Crippen molar-refractivity contribution in [3.8, 4) is 17.1 Å². The lowest BCUT2D eigenvalue weighted by atomic mass is 10.1. The Kier molecular flexibility index (Phi) is 5.36. The van der Waals surface area contributed by atoms with Gasteiger partial charge in [-0.3, -0.25) is 9.36 Å². The van der Waals surface area contributed by atoms with Gasteiger partial charge in [0.15, 0.2) is 0 Å². The van der Waals surface area contributed by atoms with E-state index in [1.807, 2.05) is 56.3 Å². The summed E-state index contributed by atoms with van der Waals surface area (Å²) in [4.78, 5) is 18.0. The predicted molar refractivity (Wildman–Crippen MR) is 118 cm³/mol. The minimum Gasteiger partial charge on any atom is -0.491 e. The van der Waals surface area contributed by atoms with Crippen molar-refractivity contribution in [3.63, 3.8) is 0 Å². The molecular weight excluding hydrogens is 384 g/mol. The Balaban J connectivity index is 1.72. The largest absolute Gasteiger partial charge is 0.491 e. The Labute approximate surface area is 174 Å². The van der Waals surface area contributed by atoms with Crippen LogP contribution in [0.15, 0.2) is 71.5 Å². The molecule has 0 aliphatic rings. The molecule has 1 heterocycles. The van der Waals surface area contributed by atoms with Crippen molar-refractivity contribution in [2.24, 2.45) is 0 Å². The second-order valence-corrected chi connectivity index (χ2v) is 7.47. The maximum atomic E-state index is 13.2. The molecule has 4 aromatic rings. The first-order valence-corrected chi connectivity index (χ1v) is 9.86. The van der Waals surface area contributed by atoms with Crippen LogP contribution in [0.4, 0.5) is 0 Å². The van der Waals surface area contributed by atoms with Crippen LogP contribution in [0.25, 0.3) is 22.3 Å². The molecule has 0 atom stereocenters. The normalized spacial score (nSPS) is 11.0. The Morgan fingerprint density at radius 2 is 1.76 bits per heavy atom. The van der Waals surface area contributed by atoms with Crippen LogP contribution >= 0.6 is 11.6 Å². The monoisotopic (exact) mass is 404 g/mol. The third-order valence-corrected chi connectivity index (χ3v) is 5.13. The summed E-state index contributed by atoms with van der Waals surface area (Å²) in [6.07, 6.45) is 0. The molecule has 4 nitrogen and oxygen atoms in total. The molecule has 0 fully saturated rings. The second-order valence-electron chi connectivity index (χ2n) is 7.03. The molecule has 0 saturated heterocycles. The molecular formula is C24H21ClN2O2. The molecule has 0 saturated carbocycles. The minimum atomic E-state index is -0.0786. The highest BCUT2D eigenvalue weighted by molar-refractivity contribution is 6.30. The Bertz CT molecular complexity index is 1230. The number of rotatable bonds is 5. The minimum absolute atomic E-state index is 0.0786. The molecule has 0 aliphatic heterocycles. The number of hydrogen-bond donors (Lipinski definition) is 0. The molecule has 0 radical (unpaired) electrons. The van der Waals surface area contributed by atoms with Gasteiger partial charge in [0.05, 0.1) is 17.4 Å². The van der Waals surface area contributed by atoms with Crippen LogP contribution in [-0.2, 0) is 6.54 Å². The summed E-state index contributed by atoms with van der Waals surface area (Å²) in [5, 5.41) is 1.23. The van der Waals surface area contributed by atoms with Gasteiger partial charge < -0.3 is 4.74 Å². The number of halogens is 1. The van der Waals surface area contributed by atoms with Gasteiger partial charge >= 0.3 is 0 Å². The highest BCUT2D eigenvalue weighted by Crippen LogP contribution is 2.22. The topological polar surface area (TPSA) is 44.1 Å². The average Bonchev–Trinajstić information content (AvgIpc) is 2.72. The van der Waals surface area contributed by atoms with Crippen molar-refractivity contribution in [2.45, 2.75) is 20.4 Å². The molecule has 0 aliphatic carbocycles. The van der Waals surface area contributed by atoms with Crippen LogP contribution in [0.5, 0.6) is 5.75 Å². The van der Waals surface area contributed by atoms with E-state index < -0.39 is 0 Å². The lowest BCUT2D eigenvalue weighted by Crippen LogP contribution is -2.26. The van der Waals surface area contributed by atoms with E-state index in [-0.39, 0.29) is 5.56 Å². The third kappa shape index (κ3) is 4.03. The molecule has 0 spiro atoms. The van der Waals surface area contributed by atoms with Crippen LogP contribution in [0.2, 0.25) is 5.02 Å². The number of aryl methyl sites for hydroxylation is 2. The molecule has 3 aromatic carbocycles. The van der Waals surface area contributed by atoms with E-state index in [4.69, 9.17) is 21.3 Å². The van der Waals surface area contributed by atoms with Crippen LogP contribution in [0.1, 0.15) is 11.1 Å². The number of hydrogen-bond acceptors (Lipinski definition) is 3. The Morgan fingerprint density at radius 3 is 2.55 bits per heavy atom. The second kappa shape index (κ2) is 8.10. The average molecular weight is 405 g/mol. The summed E-state index contributed by atoms with van der Waals surface area (Å²) in [7, 11) is 0. The summed E-state index contributed by atoms with van der Waals surface area (Å²) in [5.74, 6) is 1.44. The van der Waals surface area contributed by atoms with Gasteiger partial charge in [0.1, 0.15) is 18.2 Å². The van der Waals surface area contributed by atoms with Gasteiger partial charge in [-0.05, 0) is 67.4 Å². The fourth-order valence-electron chi connectivity index (χ4n) is 3.30. The van der Waals surface area contributed by atoms with E-state index >= 15 is 0 Å². The van der Waals surface area contributed by atoms with E-state index in [2.05, 4.69) is 6.07 Å². The first-order chi connectivity index (χ1) is 14.0. The van der Waals surface area contributed by atoms with Crippen molar-refractivity contribution in [1.29, 1.82) is 0 Å². The van der Waals surface area contributed by atoms with Crippen LogP contribution in [-0.4, -0.2) is 16.2 Å². The van der Waals surface area contributed by atoms with Gasteiger partial charge in [-0.25, -0.2) is 4.98 Å². The van der Waals surface area contributed by atoms with Crippen molar-refractivity contribution in [1.82, 2.24) is 9.55 Å². The van der Waals surface area contributed by atoms with E-state index in [1.165, 1.54) is 0 Å². The number of aromatic nitrogens is 2. The lowest BCUT2D eigenvalue weighted by Gasteiger charge is -2.15. The molecule has 0 amide bonds. The Morgan fingerprint density at radius 1 is 1.00 bits per heavy atom. The maximum absolute atomic E-state index is 13.2. The summed E-state index contributed by atoms with van der Waals surface area (Å²) in [6, 6.07) is 20.8. The van der Waals surface area contributed by atoms with Gasteiger partial charge in [0, 0.05) is 10.6 Å². The summed E-state index contributed by atoms with van der Waals surface area (Å²) in [5.41, 5.74) is 3.64. The third-order valence-electron chi connectivity index (χ3n) is 4.88. The number of nitrogens with zero attached hydrogens (tertiary/aromatic N) is 2. The van der Waals surface area contributed by atoms with Crippen LogP contribution in [0.3, 0.4) is 0 Å². The zero-order valence-electron chi connectivity index (χ0n) is 16.4. The summed E-state index contributed by atoms with van der Waals surface area (Å²) >= 11 is 6.04. The highest BCUT2D eigenvalue weighted by Gasteiger charge is 2.13. The highest BCUT2D eigenvalue weighted by atomic mass is 35.5. The Hall–Kier alpha value is -3.11. The van der Waals surface area contributed by atoms with Crippen molar-refractivity contribution in [2.75, 3.05) is 6.61 Å². The molecule has 146 valence electrons. The van der Waals surface area contributed by atoms with Gasteiger partial charge in [0.2, 0.25) is 0 Å². The molecule has 4 rings (SSSR count). The smallest absolute Gasteiger partial charge is 0.261 e. The standard InChI is InChI=1S/C24H21ClN2O2/c1-16-7-8-17(2)22(15-16)29-14-13-27-23(18-9-11-19(25)12-10-18)26-21-6-4-3-5-20(21)24(27)28/h3-12,15H,13-14H2,1-2H3. The fraction of sp³-hybridized carbons (Fsp3) is 0.167. The van der Waals surface area contributed by atoms with Gasteiger partial charge in [-0.2, -0.15) is 0 Å². The molecule has 0 bridgehead atoms. The lowest BCUT2D eigenvalue weighted by molar-refractivity contribution is 0.295. The number of ether oxygens (including phenoxy) is 1.